The van der Waals surface area contributed by atoms with E-state index in [2.05, 4.69) is 194 Å². The van der Waals surface area contributed by atoms with Crippen LogP contribution in [0, 0.1) is 0 Å². The molecule has 0 unspecified atom stereocenters. The second kappa shape index (κ2) is 12.0. The third-order valence-corrected chi connectivity index (χ3v) is 11.5. The van der Waals surface area contributed by atoms with Crippen molar-refractivity contribution in [3.8, 4) is 44.9 Å². The van der Waals surface area contributed by atoms with Crippen LogP contribution in [0.3, 0.4) is 0 Å². The van der Waals surface area contributed by atoms with Gasteiger partial charge in [-0.1, -0.05) is 152 Å². The molecule has 0 fully saturated rings. The van der Waals surface area contributed by atoms with Gasteiger partial charge in [0.25, 0.3) is 0 Å². The Hall–Kier alpha value is -6.22. The van der Waals surface area contributed by atoms with Crippen LogP contribution in [0.2, 0.25) is 0 Å². The Balaban J connectivity index is 1.21. The van der Waals surface area contributed by atoms with Crippen molar-refractivity contribution >= 4 is 31.5 Å². The summed E-state index contributed by atoms with van der Waals surface area (Å²) >= 11 is 1.86. The number of benzene rings is 8. The van der Waals surface area contributed by atoms with E-state index in [1.54, 1.807) is 0 Å². The zero-order valence-corrected chi connectivity index (χ0v) is 28.6. The molecular weight excluding hydrogens is 637 g/mol. The summed E-state index contributed by atoms with van der Waals surface area (Å²) in [5.74, 6) is 1.75. The Morgan fingerprint density at radius 1 is 0.373 bits per heavy atom. The molecule has 0 bridgehead atoms. The Labute approximate surface area is 301 Å². The molecule has 1 aliphatic heterocycles. The van der Waals surface area contributed by atoms with E-state index in [4.69, 9.17) is 4.74 Å². The van der Waals surface area contributed by atoms with Crippen molar-refractivity contribution in [1.29, 1.82) is 0 Å². The second-order valence-corrected chi connectivity index (χ2v) is 14.3. The zero-order chi connectivity index (χ0) is 33.8. The molecule has 51 heavy (non-hydrogen) atoms. The van der Waals surface area contributed by atoms with Gasteiger partial charge in [0.15, 0.2) is 0 Å². The Morgan fingerprint density at radius 2 is 0.961 bits per heavy atom. The Kier molecular flexibility index (Phi) is 6.97. The van der Waals surface area contributed by atoms with Crippen LogP contribution in [0.25, 0.3) is 53.6 Å². The minimum atomic E-state index is -0.544. The van der Waals surface area contributed by atoms with E-state index in [0.29, 0.717) is 0 Å². The van der Waals surface area contributed by atoms with Crippen molar-refractivity contribution < 1.29 is 4.74 Å². The molecule has 0 aliphatic carbocycles. The monoisotopic (exact) mass is 668 g/mol. The topological polar surface area (TPSA) is 9.23 Å². The van der Waals surface area contributed by atoms with E-state index < -0.39 is 5.41 Å². The van der Waals surface area contributed by atoms with Crippen molar-refractivity contribution in [3.05, 3.63) is 216 Å². The molecule has 0 spiro atoms. The maximum Gasteiger partial charge on any atom is 0.132 e. The number of fused-ring (bicyclic) bond motifs is 5. The van der Waals surface area contributed by atoms with E-state index in [9.17, 15) is 0 Å². The molecule has 1 aromatic heterocycles. The Bertz CT molecular complexity index is 2670. The summed E-state index contributed by atoms with van der Waals surface area (Å²) in [5.41, 5.74) is 11.3. The molecule has 9 aromatic rings. The van der Waals surface area contributed by atoms with Crippen LogP contribution in [-0.4, -0.2) is 0 Å². The SMILES string of the molecule is c1ccc(-c2cc(-c3ccc4c(c3)Oc3ccccc3C4(c3ccccc3)c3ccccc3)cc(-c3cccc4sc5ccccc5c34)c2)cc1. The van der Waals surface area contributed by atoms with E-state index >= 15 is 0 Å². The third-order valence-electron chi connectivity index (χ3n) is 10.4. The van der Waals surface area contributed by atoms with Crippen LogP contribution in [0.5, 0.6) is 11.5 Å². The van der Waals surface area contributed by atoms with Crippen LogP contribution in [0.4, 0.5) is 0 Å². The highest BCUT2D eigenvalue weighted by molar-refractivity contribution is 7.25. The third kappa shape index (κ3) is 4.75. The highest BCUT2D eigenvalue weighted by Crippen LogP contribution is 2.56. The number of rotatable bonds is 5. The van der Waals surface area contributed by atoms with E-state index in [1.165, 1.54) is 53.6 Å². The average Bonchev–Trinajstić information content (AvgIpc) is 3.60. The van der Waals surface area contributed by atoms with Crippen molar-refractivity contribution in [2.24, 2.45) is 0 Å². The lowest BCUT2D eigenvalue weighted by atomic mass is 9.63. The molecule has 8 aromatic carbocycles. The molecule has 0 atom stereocenters. The number of para-hydroxylation sites is 1. The Morgan fingerprint density at radius 3 is 1.73 bits per heavy atom. The number of hydrogen-bond donors (Lipinski definition) is 0. The highest BCUT2D eigenvalue weighted by atomic mass is 32.1. The predicted octanol–water partition coefficient (Wildman–Crippen LogP) is 13.5. The molecule has 240 valence electrons. The zero-order valence-electron chi connectivity index (χ0n) is 27.8. The maximum absolute atomic E-state index is 6.86. The lowest BCUT2D eigenvalue weighted by Crippen LogP contribution is -2.34. The first-order valence-corrected chi connectivity index (χ1v) is 18.2. The fourth-order valence-corrected chi connectivity index (χ4v) is 9.28. The lowest BCUT2D eigenvalue weighted by molar-refractivity contribution is 0.435. The fourth-order valence-electron chi connectivity index (χ4n) is 8.15. The summed E-state index contributed by atoms with van der Waals surface area (Å²) in [6.45, 7) is 0. The van der Waals surface area contributed by atoms with Crippen molar-refractivity contribution in [2.45, 2.75) is 5.41 Å². The summed E-state index contributed by atoms with van der Waals surface area (Å²) in [6, 6.07) is 70.3. The fraction of sp³-hybridized carbons (Fsp3) is 0.0204. The first-order chi connectivity index (χ1) is 25.3. The molecular formula is C49H32OS. The summed E-state index contributed by atoms with van der Waals surface area (Å²) in [6.07, 6.45) is 0. The second-order valence-electron chi connectivity index (χ2n) is 13.2. The minimum Gasteiger partial charge on any atom is -0.457 e. The molecule has 0 N–H and O–H groups in total. The van der Waals surface area contributed by atoms with Crippen molar-refractivity contribution in [3.63, 3.8) is 0 Å². The predicted molar refractivity (Wildman–Crippen MR) is 214 cm³/mol. The molecule has 0 radical (unpaired) electrons. The van der Waals surface area contributed by atoms with Crippen molar-refractivity contribution in [1.82, 2.24) is 0 Å². The van der Waals surface area contributed by atoms with Gasteiger partial charge in [-0.3, -0.25) is 0 Å². The van der Waals surface area contributed by atoms with Gasteiger partial charge in [0.05, 0.1) is 5.41 Å². The van der Waals surface area contributed by atoms with E-state index in [1.807, 2.05) is 11.3 Å². The van der Waals surface area contributed by atoms with E-state index in [0.717, 1.165) is 33.8 Å². The highest BCUT2D eigenvalue weighted by Gasteiger charge is 2.45. The molecule has 0 saturated heterocycles. The largest absolute Gasteiger partial charge is 0.457 e. The van der Waals surface area contributed by atoms with Crippen molar-refractivity contribution in [2.75, 3.05) is 0 Å². The number of thiophene rings is 1. The molecule has 10 rings (SSSR count). The molecule has 2 heteroatoms. The summed E-state index contributed by atoms with van der Waals surface area (Å²) < 4.78 is 9.48. The van der Waals surface area contributed by atoms with Gasteiger partial charge in [-0.05, 0) is 87.0 Å². The van der Waals surface area contributed by atoms with Gasteiger partial charge in [-0.15, -0.1) is 11.3 Å². The molecule has 0 saturated carbocycles. The van der Waals surface area contributed by atoms with Gasteiger partial charge in [0.2, 0.25) is 0 Å². The van der Waals surface area contributed by atoms with Crippen LogP contribution < -0.4 is 4.74 Å². The lowest BCUT2D eigenvalue weighted by Gasteiger charge is -2.41. The molecule has 0 amide bonds. The average molecular weight is 669 g/mol. The first kappa shape index (κ1) is 29.7. The van der Waals surface area contributed by atoms with Crippen LogP contribution in [0.1, 0.15) is 22.3 Å². The van der Waals surface area contributed by atoms with Gasteiger partial charge in [0, 0.05) is 31.3 Å². The van der Waals surface area contributed by atoms with E-state index in [-0.39, 0.29) is 0 Å². The molecule has 2 heterocycles. The standard InChI is InChI=1S/C49H32OS/c1-4-15-33(16-5-1)35-29-36(31-37(30-35)40-22-14-26-47-48(40)41-21-10-13-25-46(41)51-47)34-27-28-43-45(32-34)50-44-24-12-11-23-42(44)49(43,38-17-6-2-7-18-38)39-19-8-3-9-20-39/h1-32H. The van der Waals surface area contributed by atoms with Gasteiger partial charge >= 0.3 is 0 Å². The first-order valence-electron chi connectivity index (χ1n) is 17.4. The summed E-state index contributed by atoms with van der Waals surface area (Å²) in [7, 11) is 0. The number of hydrogen-bond acceptors (Lipinski definition) is 2. The molecule has 1 nitrogen and oxygen atoms in total. The van der Waals surface area contributed by atoms with Crippen LogP contribution in [-0.2, 0) is 5.41 Å². The maximum atomic E-state index is 6.86. The van der Waals surface area contributed by atoms with Crippen LogP contribution in [0.15, 0.2) is 194 Å². The van der Waals surface area contributed by atoms with Crippen LogP contribution >= 0.6 is 11.3 Å². The molecule has 1 aliphatic rings. The van der Waals surface area contributed by atoms with Gasteiger partial charge in [-0.25, -0.2) is 0 Å². The smallest absolute Gasteiger partial charge is 0.132 e. The van der Waals surface area contributed by atoms with Gasteiger partial charge in [-0.2, -0.15) is 0 Å². The quantitative estimate of drug-likeness (QED) is 0.177. The van der Waals surface area contributed by atoms with Gasteiger partial charge < -0.3 is 4.74 Å². The summed E-state index contributed by atoms with van der Waals surface area (Å²) in [4.78, 5) is 0. The number of ether oxygens (including phenoxy) is 1. The van der Waals surface area contributed by atoms with Gasteiger partial charge in [0.1, 0.15) is 11.5 Å². The minimum absolute atomic E-state index is 0.544. The normalized spacial score (nSPS) is 13.0. The summed E-state index contributed by atoms with van der Waals surface area (Å²) in [5, 5.41) is 2.62.